The fourth-order valence-electron chi connectivity index (χ4n) is 2.51. The quantitative estimate of drug-likeness (QED) is 0.518. The second-order valence-electron chi connectivity index (χ2n) is 5.96. The molecule has 0 saturated carbocycles. The Kier molecular flexibility index (Phi) is 8.36. The fourth-order valence-corrected chi connectivity index (χ4v) is 2.51. The normalized spacial score (nSPS) is 11.6. The molecule has 0 aromatic heterocycles. The van der Waals surface area contributed by atoms with Gasteiger partial charge in [0.2, 0.25) is 0 Å². The van der Waals surface area contributed by atoms with Crippen LogP contribution in [0.15, 0.2) is 60.7 Å². The first-order chi connectivity index (χ1) is 12.7. The van der Waals surface area contributed by atoms with E-state index in [0.29, 0.717) is 32.3 Å². The van der Waals surface area contributed by atoms with Crippen molar-refractivity contribution in [3.05, 3.63) is 66.2 Å². The van der Waals surface area contributed by atoms with Crippen LogP contribution in [-0.4, -0.2) is 25.1 Å². The summed E-state index contributed by atoms with van der Waals surface area (Å²) in [6, 6.07) is 19.0. The van der Waals surface area contributed by atoms with Crippen LogP contribution in [0.1, 0.15) is 31.2 Å². The third-order valence-electron chi connectivity index (χ3n) is 3.95. The zero-order valence-corrected chi connectivity index (χ0v) is 15.0. The number of carbonyl (C=O) groups excluding carboxylic acids is 2. The van der Waals surface area contributed by atoms with Crippen molar-refractivity contribution in [1.82, 2.24) is 0 Å². The van der Waals surface area contributed by atoms with Gasteiger partial charge >= 0.3 is 5.97 Å². The predicted molar refractivity (Wildman–Crippen MR) is 101 cm³/mol. The van der Waals surface area contributed by atoms with E-state index in [4.69, 9.17) is 4.74 Å². The molecule has 0 aliphatic heterocycles. The van der Waals surface area contributed by atoms with Gasteiger partial charge in [0.15, 0.2) is 0 Å². The summed E-state index contributed by atoms with van der Waals surface area (Å²) in [5.41, 5.74) is 1.75. The second kappa shape index (κ2) is 11.1. The standard InChI is InChI=1S/C21H25NO4/c1-25-20(23)15-9-8-14-19(26-16-17-10-4-2-5-11-17)21(24)22-18-12-6-3-7-13-18/h2-7,10-13,19H,8-9,14-16H2,1H3,(H,22,24). The maximum Gasteiger partial charge on any atom is 0.305 e. The number of ether oxygens (including phenoxy) is 2. The van der Waals surface area contributed by atoms with Crippen LogP contribution in [0.5, 0.6) is 0 Å². The lowest BCUT2D eigenvalue weighted by atomic mass is 10.1. The summed E-state index contributed by atoms with van der Waals surface area (Å²) < 4.78 is 10.5. The van der Waals surface area contributed by atoms with Crippen LogP contribution in [0, 0.1) is 0 Å². The van der Waals surface area contributed by atoms with Gasteiger partial charge in [-0.05, 0) is 37.0 Å². The maximum absolute atomic E-state index is 12.6. The molecule has 0 fully saturated rings. The van der Waals surface area contributed by atoms with Crippen molar-refractivity contribution in [2.45, 2.75) is 38.4 Å². The minimum Gasteiger partial charge on any atom is -0.469 e. The van der Waals surface area contributed by atoms with Gasteiger partial charge in [-0.3, -0.25) is 9.59 Å². The van der Waals surface area contributed by atoms with Gasteiger partial charge in [0.1, 0.15) is 6.10 Å². The van der Waals surface area contributed by atoms with Gasteiger partial charge in [0.05, 0.1) is 13.7 Å². The zero-order chi connectivity index (χ0) is 18.6. The predicted octanol–water partition coefficient (Wildman–Crippen LogP) is 3.94. The number of carbonyl (C=O) groups is 2. The Bertz CT molecular complexity index is 673. The van der Waals surface area contributed by atoms with E-state index in [1.54, 1.807) is 0 Å². The Labute approximate surface area is 154 Å². The largest absolute Gasteiger partial charge is 0.469 e. The maximum atomic E-state index is 12.6. The molecule has 5 nitrogen and oxygen atoms in total. The van der Waals surface area contributed by atoms with E-state index in [9.17, 15) is 9.59 Å². The van der Waals surface area contributed by atoms with Crippen molar-refractivity contribution < 1.29 is 19.1 Å². The first kappa shape index (κ1) is 19.7. The molecule has 0 spiro atoms. The second-order valence-corrected chi connectivity index (χ2v) is 5.96. The third-order valence-corrected chi connectivity index (χ3v) is 3.95. The molecule has 0 heterocycles. The van der Waals surface area contributed by atoms with E-state index in [-0.39, 0.29) is 11.9 Å². The number of para-hydroxylation sites is 1. The molecule has 0 aliphatic rings. The van der Waals surface area contributed by atoms with Crippen molar-refractivity contribution in [2.75, 3.05) is 12.4 Å². The van der Waals surface area contributed by atoms with Gasteiger partial charge in [0.25, 0.3) is 5.91 Å². The SMILES string of the molecule is COC(=O)CCCCC(OCc1ccccc1)C(=O)Nc1ccccc1. The molecule has 2 aromatic carbocycles. The Hall–Kier alpha value is -2.66. The van der Waals surface area contributed by atoms with Crippen molar-refractivity contribution in [3.63, 3.8) is 0 Å². The Morgan fingerprint density at radius 2 is 1.62 bits per heavy atom. The summed E-state index contributed by atoms with van der Waals surface area (Å²) >= 11 is 0. The van der Waals surface area contributed by atoms with Crippen LogP contribution in [0.25, 0.3) is 0 Å². The van der Waals surface area contributed by atoms with Crippen molar-refractivity contribution in [3.8, 4) is 0 Å². The molecule has 1 atom stereocenters. The Morgan fingerprint density at radius 1 is 0.962 bits per heavy atom. The third kappa shape index (κ3) is 7.07. The van der Waals surface area contributed by atoms with Crippen LogP contribution in [0.2, 0.25) is 0 Å². The van der Waals surface area contributed by atoms with Crippen LogP contribution in [-0.2, 0) is 25.7 Å². The number of hydrogen-bond acceptors (Lipinski definition) is 4. The lowest BCUT2D eigenvalue weighted by Crippen LogP contribution is -2.30. The summed E-state index contributed by atoms with van der Waals surface area (Å²) in [7, 11) is 1.38. The van der Waals surface area contributed by atoms with Crippen molar-refractivity contribution in [1.29, 1.82) is 0 Å². The molecule has 2 rings (SSSR count). The van der Waals surface area contributed by atoms with E-state index in [0.717, 1.165) is 11.3 Å². The number of esters is 1. The highest BCUT2D eigenvalue weighted by Crippen LogP contribution is 2.14. The molecule has 138 valence electrons. The van der Waals surface area contributed by atoms with Gasteiger partial charge in [-0.2, -0.15) is 0 Å². The smallest absolute Gasteiger partial charge is 0.305 e. The molecule has 0 saturated heterocycles. The number of amides is 1. The first-order valence-electron chi connectivity index (χ1n) is 8.77. The lowest BCUT2D eigenvalue weighted by molar-refractivity contribution is -0.140. The molecular formula is C21H25NO4. The highest BCUT2D eigenvalue weighted by Gasteiger charge is 2.19. The number of rotatable bonds is 10. The molecule has 2 aromatic rings. The molecule has 0 radical (unpaired) electrons. The summed E-state index contributed by atoms with van der Waals surface area (Å²) in [5.74, 6) is -0.411. The fraction of sp³-hybridized carbons (Fsp3) is 0.333. The highest BCUT2D eigenvalue weighted by atomic mass is 16.5. The minimum atomic E-state index is -0.576. The number of hydrogen-bond donors (Lipinski definition) is 1. The minimum absolute atomic E-state index is 0.176. The number of nitrogens with one attached hydrogen (secondary N) is 1. The van der Waals surface area contributed by atoms with Crippen LogP contribution in [0.3, 0.4) is 0 Å². The monoisotopic (exact) mass is 355 g/mol. The van der Waals surface area contributed by atoms with Gasteiger partial charge in [-0.25, -0.2) is 0 Å². The van der Waals surface area contributed by atoms with Crippen LogP contribution in [0.4, 0.5) is 5.69 Å². The molecule has 1 amide bonds. The summed E-state index contributed by atoms with van der Waals surface area (Å²) in [5, 5.41) is 2.88. The average Bonchev–Trinajstić information content (AvgIpc) is 2.68. The molecule has 5 heteroatoms. The summed E-state index contributed by atoms with van der Waals surface area (Å²) in [4.78, 5) is 23.8. The number of anilines is 1. The molecule has 1 N–H and O–H groups in total. The lowest BCUT2D eigenvalue weighted by Gasteiger charge is -2.18. The van der Waals surface area contributed by atoms with E-state index >= 15 is 0 Å². The van der Waals surface area contributed by atoms with Crippen molar-refractivity contribution >= 4 is 17.6 Å². The Balaban J connectivity index is 1.90. The van der Waals surface area contributed by atoms with Gasteiger partial charge in [-0.1, -0.05) is 48.5 Å². The molecule has 0 bridgehead atoms. The van der Waals surface area contributed by atoms with Gasteiger partial charge < -0.3 is 14.8 Å². The summed E-state index contributed by atoms with van der Waals surface area (Å²) in [6.45, 7) is 0.366. The van der Waals surface area contributed by atoms with E-state index in [1.165, 1.54) is 7.11 Å². The highest BCUT2D eigenvalue weighted by molar-refractivity contribution is 5.94. The number of unbranched alkanes of at least 4 members (excludes halogenated alkanes) is 1. The van der Waals surface area contributed by atoms with E-state index in [2.05, 4.69) is 10.1 Å². The molecule has 0 aliphatic carbocycles. The average molecular weight is 355 g/mol. The van der Waals surface area contributed by atoms with Crippen LogP contribution >= 0.6 is 0 Å². The number of benzene rings is 2. The van der Waals surface area contributed by atoms with Crippen molar-refractivity contribution in [2.24, 2.45) is 0 Å². The zero-order valence-electron chi connectivity index (χ0n) is 15.0. The van der Waals surface area contributed by atoms with E-state index < -0.39 is 6.10 Å². The molecule has 1 unspecified atom stereocenters. The van der Waals surface area contributed by atoms with Crippen LogP contribution < -0.4 is 5.32 Å². The topological polar surface area (TPSA) is 64.6 Å². The van der Waals surface area contributed by atoms with Gasteiger partial charge in [0, 0.05) is 12.1 Å². The molecule has 26 heavy (non-hydrogen) atoms. The first-order valence-corrected chi connectivity index (χ1v) is 8.77. The summed E-state index contributed by atoms with van der Waals surface area (Å²) in [6.07, 6.45) is 1.69. The van der Waals surface area contributed by atoms with Gasteiger partial charge in [-0.15, -0.1) is 0 Å². The Morgan fingerprint density at radius 3 is 2.27 bits per heavy atom. The number of methoxy groups -OCH3 is 1. The van der Waals surface area contributed by atoms with E-state index in [1.807, 2.05) is 60.7 Å². The molecular weight excluding hydrogens is 330 g/mol.